The molecule has 3 unspecified atom stereocenters. The first-order valence-electron chi connectivity index (χ1n) is 9.25. The van der Waals surface area contributed by atoms with Crippen LogP contribution in [0, 0.1) is 0 Å². The van der Waals surface area contributed by atoms with Gasteiger partial charge in [0.1, 0.15) is 6.10 Å². The molecule has 0 radical (unpaired) electrons. The number of carboxylic acid groups (broad SMARTS) is 1. The van der Waals surface area contributed by atoms with Gasteiger partial charge in [0.2, 0.25) is 0 Å². The molecule has 2 bridgehead atoms. The fourth-order valence-electron chi connectivity index (χ4n) is 4.76. The highest BCUT2D eigenvalue weighted by Crippen LogP contribution is 2.58. The minimum Gasteiger partial charge on any atom is -0.481 e. The lowest BCUT2D eigenvalue weighted by atomic mass is 9.82. The van der Waals surface area contributed by atoms with E-state index in [0.29, 0.717) is 6.42 Å². The highest BCUT2D eigenvalue weighted by atomic mass is 16.5. The summed E-state index contributed by atoms with van der Waals surface area (Å²) in [5, 5.41) is 9.50. The molecule has 0 saturated carbocycles. The normalized spacial score (nSPS) is 24.3. The number of methoxy groups -OCH3 is 1. The largest absolute Gasteiger partial charge is 0.481 e. The summed E-state index contributed by atoms with van der Waals surface area (Å²) < 4.78 is 11.4. The van der Waals surface area contributed by atoms with Crippen molar-refractivity contribution in [1.82, 2.24) is 4.90 Å². The van der Waals surface area contributed by atoms with Gasteiger partial charge in [-0.15, -0.1) is 0 Å². The molecule has 0 fully saturated rings. The van der Waals surface area contributed by atoms with Crippen LogP contribution >= 0.6 is 0 Å². The molecular weight excluding hydrogens is 358 g/mol. The van der Waals surface area contributed by atoms with Crippen molar-refractivity contribution in [2.75, 3.05) is 7.11 Å². The Morgan fingerprint density at radius 1 is 1.11 bits per heavy atom. The van der Waals surface area contributed by atoms with Crippen molar-refractivity contribution >= 4 is 17.6 Å². The molecule has 28 heavy (non-hydrogen) atoms. The van der Waals surface area contributed by atoms with Crippen LogP contribution in [-0.2, 0) is 14.3 Å². The molecule has 1 amide bonds. The van der Waals surface area contributed by atoms with Crippen molar-refractivity contribution in [3.63, 3.8) is 0 Å². The van der Waals surface area contributed by atoms with Gasteiger partial charge < -0.3 is 14.6 Å². The minimum atomic E-state index is -0.962. The van der Waals surface area contributed by atoms with E-state index in [-0.39, 0.29) is 18.6 Å². The average Bonchev–Trinajstić information content (AvgIpc) is 3.00. The van der Waals surface area contributed by atoms with Crippen LogP contribution in [0.4, 0.5) is 4.79 Å². The van der Waals surface area contributed by atoms with Gasteiger partial charge in [0.25, 0.3) is 0 Å². The van der Waals surface area contributed by atoms with Gasteiger partial charge >= 0.3 is 12.1 Å². The Morgan fingerprint density at radius 3 is 2.50 bits per heavy atom. The van der Waals surface area contributed by atoms with Gasteiger partial charge in [-0.25, -0.2) is 4.79 Å². The molecule has 3 heterocycles. The van der Waals surface area contributed by atoms with E-state index in [0.717, 1.165) is 33.5 Å². The Hall–Kier alpha value is -3.12. The summed E-state index contributed by atoms with van der Waals surface area (Å²) in [5.41, 5.74) is 5.72. The molecule has 3 atom stereocenters. The molecule has 0 spiro atoms. The maximum Gasteiger partial charge on any atom is 0.414 e. The predicted octanol–water partition coefficient (Wildman–Crippen LogP) is 4.21. The summed E-state index contributed by atoms with van der Waals surface area (Å²) in [4.78, 5) is 25.9. The molecule has 1 N–H and O–H groups in total. The summed E-state index contributed by atoms with van der Waals surface area (Å²) in [6, 6.07) is 15.1. The second-order valence-electron chi connectivity index (χ2n) is 7.24. The lowest BCUT2D eigenvalue weighted by Crippen LogP contribution is -2.40. The number of ether oxygens (including phenoxy) is 2. The standard InChI is InChI=1S/C22H19NO5/c1-27-22(26)23-16(11-19(24)25)12-6-2-4-8-14(12)20-17(23)10-18-13-7-3-5-9-15(13)21(20)28-18/h2-9,16,18,21H,10-11H2,1H3,(H,24,25). The predicted molar refractivity (Wildman–Crippen MR) is 100 cm³/mol. The third-order valence-corrected chi connectivity index (χ3v) is 5.83. The van der Waals surface area contributed by atoms with Crippen LogP contribution in [0.2, 0.25) is 0 Å². The van der Waals surface area contributed by atoms with Crippen molar-refractivity contribution in [3.05, 3.63) is 76.5 Å². The summed E-state index contributed by atoms with van der Waals surface area (Å²) in [6.07, 6.45) is -0.653. The van der Waals surface area contributed by atoms with Gasteiger partial charge in [0, 0.05) is 17.7 Å². The topological polar surface area (TPSA) is 76.1 Å². The third-order valence-electron chi connectivity index (χ3n) is 5.83. The van der Waals surface area contributed by atoms with Crippen LogP contribution in [0.3, 0.4) is 0 Å². The van der Waals surface area contributed by atoms with E-state index < -0.39 is 18.1 Å². The van der Waals surface area contributed by atoms with Gasteiger partial charge in [-0.3, -0.25) is 9.69 Å². The Kier molecular flexibility index (Phi) is 3.77. The van der Waals surface area contributed by atoms with Crippen molar-refractivity contribution in [2.45, 2.75) is 31.1 Å². The summed E-state index contributed by atoms with van der Waals surface area (Å²) in [7, 11) is 1.32. The first-order chi connectivity index (χ1) is 13.6. The van der Waals surface area contributed by atoms with Gasteiger partial charge in [-0.05, 0) is 22.3 Å². The van der Waals surface area contributed by atoms with E-state index in [2.05, 4.69) is 12.1 Å². The lowest BCUT2D eigenvalue weighted by Gasteiger charge is -2.42. The average molecular weight is 377 g/mol. The minimum absolute atomic E-state index is 0.150. The number of amides is 1. The van der Waals surface area contributed by atoms with Gasteiger partial charge in [-0.1, -0.05) is 48.5 Å². The highest BCUT2D eigenvalue weighted by Gasteiger charge is 2.48. The van der Waals surface area contributed by atoms with Crippen LogP contribution in [0.15, 0.2) is 54.2 Å². The van der Waals surface area contributed by atoms with Crippen molar-refractivity contribution in [2.24, 2.45) is 0 Å². The number of fused-ring (bicyclic) bond motifs is 8. The van der Waals surface area contributed by atoms with Crippen molar-refractivity contribution in [1.29, 1.82) is 0 Å². The maximum absolute atomic E-state index is 12.8. The SMILES string of the molecule is COC(=O)N1C2=C(c3ccccc3C1CC(=O)O)C1OC(C2)c2ccccc21. The van der Waals surface area contributed by atoms with Gasteiger partial charge in [-0.2, -0.15) is 0 Å². The van der Waals surface area contributed by atoms with E-state index in [1.807, 2.05) is 36.4 Å². The zero-order valence-corrected chi connectivity index (χ0v) is 15.3. The Bertz CT molecular complexity index is 1030. The molecule has 3 aliphatic heterocycles. The van der Waals surface area contributed by atoms with E-state index in [1.165, 1.54) is 12.0 Å². The number of carboxylic acids is 1. The summed E-state index contributed by atoms with van der Waals surface area (Å²) >= 11 is 0. The van der Waals surface area contributed by atoms with Gasteiger partial charge in [0.15, 0.2) is 0 Å². The summed E-state index contributed by atoms with van der Waals surface area (Å²) in [5.74, 6) is -0.962. The summed E-state index contributed by atoms with van der Waals surface area (Å²) in [6.45, 7) is 0. The number of carbonyl (C=O) groups excluding carboxylic acids is 1. The Morgan fingerprint density at radius 2 is 1.79 bits per heavy atom. The van der Waals surface area contributed by atoms with Crippen molar-refractivity contribution < 1.29 is 24.2 Å². The molecule has 0 saturated heterocycles. The van der Waals surface area contributed by atoms with Crippen LogP contribution in [0.5, 0.6) is 0 Å². The maximum atomic E-state index is 12.8. The van der Waals surface area contributed by atoms with Crippen LogP contribution in [-0.4, -0.2) is 29.2 Å². The Balaban J connectivity index is 1.75. The van der Waals surface area contributed by atoms with E-state index >= 15 is 0 Å². The molecule has 6 heteroatoms. The molecule has 0 aliphatic carbocycles. The zero-order chi connectivity index (χ0) is 19.4. The Labute approximate surface area is 162 Å². The van der Waals surface area contributed by atoms with Crippen molar-refractivity contribution in [3.8, 4) is 0 Å². The van der Waals surface area contributed by atoms with Crippen LogP contribution < -0.4 is 0 Å². The lowest BCUT2D eigenvalue weighted by molar-refractivity contribution is -0.138. The number of carbonyl (C=O) groups is 2. The molecule has 3 aliphatic rings. The number of benzene rings is 2. The monoisotopic (exact) mass is 377 g/mol. The third kappa shape index (κ3) is 2.31. The smallest absolute Gasteiger partial charge is 0.414 e. The number of nitrogens with zero attached hydrogens (tertiary/aromatic N) is 1. The molecule has 0 aromatic heterocycles. The van der Waals surface area contributed by atoms with Gasteiger partial charge in [0.05, 0.1) is 25.7 Å². The van der Waals surface area contributed by atoms with E-state index in [9.17, 15) is 14.7 Å². The van der Waals surface area contributed by atoms with E-state index in [1.54, 1.807) is 0 Å². The molecular formula is C22H19NO5. The number of hydrogen-bond donors (Lipinski definition) is 1. The quantitative estimate of drug-likeness (QED) is 0.848. The second kappa shape index (κ2) is 6.21. The molecule has 2 aromatic rings. The fraction of sp³-hybridized carbons (Fsp3) is 0.273. The molecule has 2 aromatic carbocycles. The first kappa shape index (κ1) is 17.0. The molecule has 6 nitrogen and oxygen atoms in total. The molecule has 142 valence electrons. The number of rotatable bonds is 2. The molecule has 5 rings (SSSR count). The van der Waals surface area contributed by atoms with E-state index in [4.69, 9.17) is 9.47 Å². The highest BCUT2D eigenvalue weighted by molar-refractivity contribution is 5.86. The zero-order valence-electron chi connectivity index (χ0n) is 15.3. The number of hydrogen-bond acceptors (Lipinski definition) is 4. The van der Waals surface area contributed by atoms with Crippen LogP contribution in [0.1, 0.15) is 53.3 Å². The fourth-order valence-corrected chi connectivity index (χ4v) is 4.76. The number of aliphatic carboxylic acids is 1. The van der Waals surface area contributed by atoms with Crippen LogP contribution in [0.25, 0.3) is 5.57 Å². The first-order valence-corrected chi connectivity index (χ1v) is 9.25. The second-order valence-corrected chi connectivity index (χ2v) is 7.24.